The Bertz CT molecular complexity index is 1040. The molecule has 3 heterocycles. The van der Waals surface area contributed by atoms with Gasteiger partial charge in [0.1, 0.15) is 5.75 Å². The van der Waals surface area contributed by atoms with E-state index in [0.29, 0.717) is 38.5 Å². The molecule has 3 fully saturated rings. The molecule has 0 atom stereocenters. The Morgan fingerprint density at radius 2 is 1.79 bits per heavy atom. The number of hydrogen-bond acceptors (Lipinski definition) is 6. The number of morpholine rings is 1. The summed E-state index contributed by atoms with van der Waals surface area (Å²) in [6, 6.07) is 14.6. The van der Waals surface area contributed by atoms with Gasteiger partial charge in [-0.1, -0.05) is 18.6 Å². The first-order valence-corrected chi connectivity index (χ1v) is 12.6. The van der Waals surface area contributed by atoms with Crippen LogP contribution in [0, 0.1) is 0 Å². The zero-order valence-corrected chi connectivity index (χ0v) is 19.6. The molecule has 0 bridgehead atoms. The molecule has 6 rings (SSSR count). The number of carbonyl (C=O) groups excluding carboxylic acids is 1. The Morgan fingerprint density at radius 3 is 2.56 bits per heavy atom. The minimum absolute atomic E-state index is 0.0335. The second-order valence-electron chi connectivity index (χ2n) is 9.82. The van der Waals surface area contributed by atoms with Crippen LogP contribution < -0.4 is 10.1 Å². The molecule has 1 N–H and O–H groups in total. The highest BCUT2D eigenvalue weighted by Gasteiger charge is 2.42. The quantitative estimate of drug-likeness (QED) is 0.735. The van der Waals surface area contributed by atoms with E-state index in [-0.39, 0.29) is 5.91 Å². The lowest BCUT2D eigenvalue weighted by Crippen LogP contribution is -2.54. The molecule has 2 aromatic carbocycles. The molecular formula is C27H33N3O4. The summed E-state index contributed by atoms with van der Waals surface area (Å²) in [6.45, 7) is 5.07. The lowest BCUT2D eigenvalue weighted by molar-refractivity contribution is -0.231. The number of hydrogen-bond donors (Lipinski definition) is 1. The lowest BCUT2D eigenvalue weighted by Gasteiger charge is -2.47. The molecule has 0 unspecified atom stereocenters. The number of nitrogens with one attached hydrogen (secondary N) is 1. The summed E-state index contributed by atoms with van der Waals surface area (Å²) in [7, 11) is 0. The van der Waals surface area contributed by atoms with Crippen LogP contribution in [0.4, 0.5) is 11.4 Å². The number of carbonyl (C=O) groups is 1. The van der Waals surface area contributed by atoms with E-state index < -0.39 is 5.79 Å². The van der Waals surface area contributed by atoms with Gasteiger partial charge in [0.2, 0.25) is 5.79 Å². The fourth-order valence-electron chi connectivity index (χ4n) is 5.41. The standard InChI is InChI=1S/C27H33N3O4/c31-26(30-14-16-32-17-15-30)23-6-1-2-7-24(23)28-21-8-9-25-20(18-21)19-33-27(34-25)10-12-29(13-11-27)22-4-3-5-22/h1-2,6-9,18,22,28H,3-5,10-17,19H2. The number of rotatable bonds is 4. The third-order valence-corrected chi connectivity index (χ3v) is 7.73. The van der Waals surface area contributed by atoms with Gasteiger partial charge in [0.25, 0.3) is 5.91 Å². The fourth-order valence-corrected chi connectivity index (χ4v) is 5.41. The summed E-state index contributed by atoms with van der Waals surface area (Å²) in [5, 5.41) is 3.45. The number of benzene rings is 2. The minimum atomic E-state index is -0.487. The van der Waals surface area contributed by atoms with E-state index in [2.05, 4.69) is 16.3 Å². The van der Waals surface area contributed by atoms with Gasteiger partial charge in [-0.05, 0) is 43.2 Å². The van der Waals surface area contributed by atoms with Crippen LogP contribution in [0.3, 0.4) is 0 Å². The van der Waals surface area contributed by atoms with Crippen LogP contribution in [0.5, 0.6) is 5.75 Å². The van der Waals surface area contributed by atoms with Crippen molar-refractivity contribution in [1.29, 1.82) is 0 Å². The molecule has 0 radical (unpaired) electrons. The summed E-state index contributed by atoms with van der Waals surface area (Å²) >= 11 is 0. The average Bonchev–Trinajstić information content (AvgIpc) is 2.85. The zero-order valence-electron chi connectivity index (χ0n) is 19.6. The zero-order chi connectivity index (χ0) is 23.0. The number of nitrogens with zero attached hydrogens (tertiary/aromatic N) is 2. The van der Waals surface area contributed by atoms with Gasteiger partial charge in [0.05, 0.1) is 31.1 Å². The number of piperidine rings is 1. The van der Waals surface area contributed by atoms with E-state index >= 15 is 0 Å². The molecule has 1 aliphatic carbocycles. The second kappa shape index (κ2) is 9.21. The molecule has 4 aliphatic rings. The first kappa shape index (κ1) is 21.9. The summed E-state index contributed by atoms with van der Waals surface area (Å²) in [5.41, 5.74) is 3.43. The highest BCUT2D eigenvalue weighted by Crippen LogP contribution is 2.40. The molecule has 2 saturated heterocycles. The molecule has 34 heavy (non-hydrogen) atoms. The molecule has 1 spiro atoms. The van der Waals surface area contributed by atoms with Gasteiger partial charge in [-0.15, -0.1) is 0 Å². The summed E-state index contributed by atoms with van der Waals surface area (Å²) in [4.78, 5) is 17.6. The molecule has 1 amide bonds. The van der Waals surface area contributed by atoms with Crippen molar-refractivity contribution in [1.82, 2.24) is 9.80 Å². The molecule has 0 aromatic heterocycles. The van der Waals surface area contributed by atoms with Crippen LogP contribution in [0.15, 0.2) is 42.5 Å². The second-order valence-corrected chi connectivity index (χ2v) is 9.82. The van der Waals surface area contributed by atoms with Gasteiger partial charge in [0.15, 0.2) is 0 Å². The fraction of sp³-hybridized carbons (Fsp3) is 0.519. The Hall–Kier alpha value is -2.61. The molecule has 7 nitrogen and oxygen atoms in total. The van der Waals surface area contributed by atoms with Crippen LogP contribution >= 0.6 is 0 Å². The van der Waals surface area contributed by atoms with E-state index in [1.165, 1.54) is 19.3 Å². The summed E-state index contributed by atoms with van der Waals surface area (Å²) in [6.07, 6.45) is 5.89. The van der Waals surface area contributed by atoms with E-state index in [1.807, 2.05) is 41.3 Å². The third-order valence-electron chi connectivity index (χ3n) is 7.73. The van der Waals surface area contributed by atoms with Crippen LogP contribution in [0.25, 0.3) is 0 Å². The Morgan fingerprint density at radius 1 is 1.00 bits per heavy atom. The SMILES string of the molecule is O=C(c1ccccc1Nc1ccc2c(c1)COC1(CCN(C3CCC3)CC1)O2)N1CCOCC1. The largest absolute Gasteiger partial charge is 0.462 e. The van der Waals surface area contributed by atoms with Crippen LogP contribution in [-0.4, -0.2) is 66.9 Å². The van der Waals surface area contributed by atoms with Gasteiger partial charge < -0.3 is 24.4 Å². The molecule has 180 valence electrons. The molecule has 1 saturated carbocycles. The highest BCUT2D eigenvalue weighted by molar-refractivity contribution is 6.00. The Balaban J connectivity index is 1.14. The van der Waals surface area contributed by atoms with Crippen molar-refractivity contribution in [3.05, 3.63) is 53.6 Å². The van der Waals surface area contributed by atoms with Gasteiger partial charge >= 0.3 is 0 Å². The smallest absolute Gasteiger partial charge is 0.256 e. The number of ether oxygens (including phenoxy) is 3. The lowest BCUT2D eigenvalue weighted by atomic mass is 9.89. The molecular weight excluding hydrogens is 430 g/mol. The van der Waals surface area contributed by atoms with E-state index in [0.717, 1.165) is 54.7 Å². The summed E-state index contributed by atoms with van der Waals surface area (Å²) in [5.74, 6) is 0.456. The van der Waals surface area contributed by atoms with E-state index in [9.17, 15) is 4.79 Å². The normalized spacial score (nSPS) is 22.5. The van der Waals surface area contributed by atoms with Gasteiger partial charge in [-0.3, -0.25) is 9.69 Å². The van der Waals surface area contributed by atoms with Gasteiger partial charge in [0, 0.05) is 56.3 Å². The number of amides is 1. The average molecular weight is 464 g/mol. The topological polar surface area (TPSA) is 63.3 Å². The van der Waals surface area contributed by atoms with Gasteiger partial charge in [-0.2, -0.15) is 0 Å². The first-order valence-electron chi connectivity index (χ1n) is 12.6. The van der Waals surface area contributed by atoms with Crippen molar-refractivity contribution in [2.45, 2.75) is 50.5 Å². The number of likely N-dealkylation sites (tertiary alicyclic amines) is 1. The first-order chi connectivity index (χ1) is 16.7. The third kappa shape index (κ3) is 4.28. The van der Waals surface area contributed by atoms with Crippen molar-refractivity contribution in [2.75, 3.05) is 44.7 Å². The van der Waals surface area contributed by atoms with Crippen molar-refractivity contribution in [3.63, 3.8) is 0 Å². The maximum atomic E-state index is 13.1. The minimum Gasteiger partial charge on any atom is -0.462 e. The predicted molar refractivity (Wildman–Crippen MR) is 129 cm³/mol. The highest BCUT2D eigenvalue weighted by atomic mass is 16.7. The number of fused-ring (bicyclic) bond motifs is 1. The Labute approximate surface area is 201 Å². The van der Waals surface area contributed by atoms with Crippen LogP contribution in [0.1, 0.15) is 48.0 Å². The predicted octanol–water partition coefficient (Wildman–Crippen LogP) is 4.16. The monoisotopic (exact) mass is 463 g/mol. The van der Waals surface area contributed by atoms with Crippen LogP contribution in [0.2, 0.25) is 0 Å². The van der Waals surface area contributed by atoms with Crippen molar-refractivity contribution < 1.29 is 19.0 Å². The van der Waals surface area contributed by atoms with Crippen LogP contribution in [-0.2, 0) is 16.1 Å². The van der Waals surface area contributed by atoms with E-state index in [1.54, 1.807) is 0 Å². The van der Waals surface area contributed by atoms with Crippen molar-refractivity contribution >= 4 is 17.3 Å². The molecule has 2 aromatic rings. The molecule has 3 aliphatic heterocycles. The van der Waals surface area contributed by atoms with Crippen molar-refractivity contribution in [3.8, 4) is 5.75 Å². The summed E-state index contributed by atoms with van der Waals surface area (Å²) < 4.78 is 18.1. The number of anilines is 2. The van der Waals surface area contributed by atoms with Gasteiger partial charge in [-0.25, -0.2) is 0 Å². The maximum Gasteiger partial charge on any atom is 0.256 e. The Kier molecular flexibility index (Phi) is 5.93. The molecule has 7 heteroatoms. The number of para-hydroxylation sites is 1. The van der Waals surface area contributed by atoms with E-state index in [4.69, 9.17) is 14.2 Å². The maximum absolute atomic E-state index is 13.1. The van der Waals surface area contributed by atoms with Crippen molar-refractivity contribution in [2.24, 2.45) is 0 Å².